The third-order valence-corrected chi connectivity index (χ3v) is 2.03. The van der Waals surface area contributed by atoms with E-state index < -0.39 is 6.04 Å². The Morgan fingerprint density at radius 3 is 2.60 bits per heavy atom. The Balaban J connectivity index is 0.00000196. The van der Waals surface area contributed by atoms with Crippen molar-refractivity contribution in [2.45, 2.75) is 26.8 Å². The van der Waals surface area contributed by atoms with Gasteiger partial charge < -0.3 is 15.6 Å². The summed E-state index contributed by atoms with van der Waals surface area (Å²) in [6.45, 7) is 5.51. The molecule has 0 saturated carbocycles. The number of carbonyl (C=O) groups excluding carboxylic acids is 1. The Kier molecular flexibility index (Phi) is 5.32. The standard InChI is InChI=1S/C9H15N3O2.ClH/c1-5(2)8(10)9(13)12-7-4-11-14-6(7)3;/h4-5,8H,10H2,1-3H3,(H,12,13);1H/t8-;/m0./s1. The van der Waals surface area contributed by atoms with Gasteiger partial charge >= 0.3 is 0 Å². The molecule has 6 heteroatoms. The highest BCUT2D eigenvalue weighted by Gasteiger charge is 2.18. The molecule has 86 valence electrons. The number of hydrogen-bond donors (Lipinski definition) is 2. The summed E-state index contributed by atoms with van der Waals surface area (Å²) in [4.78, 5) is 11.5. The summed E-state index contributed by atoms with van der Waals surface area (Å²) < 4.78 is 4.80. The van der Waals surface area contributed by atoms with Gasteiger partial charge in [0, 0.05) is 0 Å². The van der Waals surface area contributed by atoms with Crippen molar-refractivity contribution in [2.24, 2.45) is 11.7 Å². The van der Waals surface area contributed by atoms with E-state index in [0.717, 1.165) is 0 Å². The molecule has 0 saturated heterocycles. The average molecular weight is 234 g/mol. The first-order valence-electron chi connectivity index (χ1n) is 4.50. The number of nitrogens with two attached hydrogens (primary N) is 1. The van der Waals surface area contributed by atoms with Crippen molar-refractivity contribution in [2.75, 3.05) is 5.32 Å². The fourth-order valence-corrected chi connectivity index (χ4v) is 0.937. The van der Waals surface area contributed by atoms with Crippen molar-refractivity contribution in [3.63, 3.8) is 0 Å². The second-order valence-electron chi connectivity index (χ2n) is 3.55. The molecule has 1 atom stereocenters. The van der Waals surface area contributed by atoms with Gasteiger partial charge in [-0.15, -0.1) is 12.4 Å². The molecular weight excluding hydrogens is 218 g/mol. The van der Waals surface area contributed by atoms with Crippen molar-refractivity contribution in [3.05, 3.63) is 12.0 Å². The maximum atomic E-state index is 11.5. The highest BCUT2D eigenvalue weighted by molar-refractivity contribution is 5.95. The zero-order valence-electron chi connectivity index (χ0n) is 8.98. The molecule has 1 heterocycles. The molecule has 3 N–H and O–H groups in total. The van der Waals surface area contributed by atoms with E-state index >= 15 is 0 Å². The first-order valence-corrected chi connectivity index (χ1v) is 4.50. The fourth-order valence-electron chi connectivity index (χ4n) is 0.937. The average Bonchev–Trinajstić information content (AvgIpc) is 2.50. The van der Waals surface area contributed by atoms with Crippen molar-refractivity contribution < 1.29 is 9.32 Å². The number of rotatable bonds is 3. The molecule has 0 bridgehead atoms. The monoisotopic (exact) mass is 233 g/mol. The minimum Gasteiger partial charge on any atom is -0.359 e. The lowest BCUT2D eigenvalue weighted by Crippen LogP contribution is -2.39. The van der Waals surface area contributed by atoms with Crippen LogP contribution in [0.5, 0.6) is 0 Å². The van der Waals surface area contributed by atoms with Crippen LogP contribution in [0.25, 0.3) is 0 Å². The number of aromatic nitrogens is 1. The van der Waals surface area contributed by atoms with Gasteiger partial charge in [0.1, 0.15) is 5.69 Å². The SMILES string of the molecule is Cc1oncc1NC(=O)[C@@H](N)C(C)C.Cl. The molecule has 0 radical (unpaired) electrons. The van der Waals surface area contributed by atoms with E-state index in [4.69, 9.17) is 10.3 Å². The van der Waals surface area contributed by atoms with Gasteiger partial charge in [0.25, 0.3) is 0 Å². The number of hydrogen-bond acceptors (Lipinski definition) is 4. The van der Waals surface area contributed by atoms with E-state index in [-0.39, 0.29) is 24.2 Å². The van der Waals surface area contributed by atoms with Gasteiger partial charge in [0.05, 0.1) is 12.2 Å². The van der Waals surface area contributed by atoms with Crippen LogP contribution >= 0.6 is 12.4 Å². The number of anilines is 1. The van der Waals surface area contributed by atoms with E-state index in [0.29, 0.717) is 11.4 Å². The summed E-state index contributed by atoms with van der Waals surface area (Å²) >= 11 is 0. The molecule has 1 aromatic heterocycles. The number of carbonyl (C=O) groups is 1. The normalized spacial score (nSPS) is 12.1. The zero-order chi connectivity index (χ0) is 10.7. The molecule has 1 rings (SSSR count). The van der Waals surface area contributed by atoms with Crippen LogP contribution in [0.1, 0.15) is 19.6 Å². The van der Waals surface area contributed by atoms with Gasteiger partial charge in [-0.3, -0.25) is 4.79 Å². The lowest BCUT2D eigenvalue weighted by molar-refractivity contribution is -0.118. The summed E-state index contributed by atoms with van der Waals surface area (Å²) in [6.07, 6.45) is 1.46. The van der Waals surface area contributed by atoms with Crippen LogP contribution < -0.4 is 11.1 Å². The molecular formula is C9H16ClN3O2. The van der Waals surface area contributed by atoms with Crippen LogP contribution in [0.3, 0.4) is 0 Å². The fraction of sp³-hybridized carbons (Fsp3) is 0.556. The Morgan fingerprint density at radius 2 is 2.20 bits per heavy atom. The van der Waals surface area contributed by atoms with Gasteiger partial charge in [-0.1, -0.05) is 19.0 Å². The third-order valence-electron chi connectivity index (χ3n) is 2.03. The molecule has 1 aromatic rings. The predicted octanol–water partition coefficient (Wildman–Crippen LogP) is 1.33. The first-order chi connectivity index (χ1) is 6.52. The maximum Gasteiger partial charge on any atom is 0.241 e. The van der Waals surface area contributed by atoms with Crippen LogP contribution in [0.2, 0.25) is 0 Å². The predicted molar refractivity (Wildman–Crippen MR) is 59.9 cm³/mol. The minimum absolute atomic E-state index is 0. The van der Waals surface area contributed by atoms with E-state index in [9.17, 15) is 4.79 Å². The zero-order valence-corrected chi connectivity index (χ0v) is 9.80. The summed E-state index contributed by atoms with van der Waals surface area (Å²) in [5.41, 5.74) is 6.24. The van der Waals surface area contributed by atoms with Crippen LogP contribution in [-0.4, -0.2) is 17.1 Å². The van der Waals surface area contributed by atoms with Crippen molar-refractivity contribution >= 4 is 24.0 Å². The summed E-state index contributed by atoms with van der Waals surface area (Å²) in [5.74, 6) is 0.468. The molecule has 0 fully saturated rings. The van der Waals surface area contributed by atoms with Gasteiger partial charge in [-0.2, -0.15) is 0 Å². The van der Waals surface area contributed by atoms with Crippen LogP contribution in [0, 0.1) is 12.8 Å². The number of amides is 1. The minimum atomic E-state index is -0.510. The Labute approximate surface area is 94.8 Å². The Morgan fingerprint density at radius 1 is 1.60 bits per heavy atom. The molecule has 0 aliphatic rings. The molecule has 15 heavy (non-hydrogen) atoms. The smallest absolute Gasteiger partial charge is 0.241 e. The van der Waals surface area contributed by atoms with Gasteiger partial charge in [-0.25, -0.2) is 0 Å². The lowest BCUT2D eigenvalue weighted by atomic mass is 10.1. The molecule has 5 nitrogen and oxygen atoms in total. The van der Waals surface area contributed by atoms with Crippen LogP contribution in [-0.2, 0) is 4.79 Å². The van der Waals surface area contributed by atoms with Crippen LogP contribution in [0.4, 0.5) is 5.69 Å². The molecule has 0 aromatic carbocycles. The van der Waals surface area contributed by atoms with Crippen LogP contribution in [0.15, 0.2) is 10.7 Å². The lowest BCUT2D eigenvalue weighted by Gasteiger charge is -2.14. The Bertz CT molecular complexity index is 325. The van der Waals surface area contributed by atoms with E-state index in [2.05, 4.69) is 10.5 Å². The van der Waals surface area contributed by atoms with Gasteiger partial charge in [0.2, 0.25) is 5.91 Å². The van der Waals surface area contributed by atoms with Gasteiger partial charge in [-0.05, 0) is 12.8 Å². The molecule has 0 aliphatic carbocycles. The largest absolute Gasteiger partial charge is 0.359 e. The molecule has 0 spiro atoms. The highest BCUT2D eigenvalue weighted by atomic mass is 35.5. The van der Waals surface area contributed by atoms with Crippen molar-refractivity contribution in [1.82, 2.24) is 5.16 Å². The second kappa shape index (κ2) is 5.72. The summed E-state index contributed by atoms with van der Waals surface area (Å²) in [6, 6.07) is -0.510. The maximum absolute atomic E-state index is 11.5. The molecule has 1 amide bonds. The number of aryl methyl sites for hydroxylation is 1. The third kappa shape index (κ3) is 3.53. The van der Waals surface area contributed by atoms with Crippen molar-refractivity contribution in [1.29, 1.82) is 0 Å². The second-order valence-corrected chi connectivity index (χ2v) is 3.55. The van der Waals surface area contributed by atoms with E-state index in [1.165, 1.54) is 6.20 Å². The molecule has 0 unspecified atom stereocenters. The number of nitrogens with one attached hydrogen (secondary N) is 1. The summed E-state index contributed by atoms with van der Waals surface area (Å²) in [5, 5.41) is 6.20. The van der Waals surface area contributed by atoms with E-state index in [1.807, 2.05) is 13.8 Å². The topological polar surface area (TPSA) is 81.2 Å². The number of nitrogens with zero attached hydrogens (tertiary/aromatic N) is 1. The molecule has 0 aliphatic heterocycles. The Hall–Kier alpha value is -1.07. The quantitative estimate of drug-likeness (QED) is 0.825. The van der Waals surface area contributed by atoms with Gasteiger partial charge in [0.15, 0.2) is 5.76 Å². The summed E-state index contributed by atoms with van der Waals surface area (Å²) in [7, 11) is 0. The van der Waals surface area contributed by atoms with Crippen molar-refractivity contribution in [3.8, 4) is 0 Å². The van der Waals surface area contributed by atoms with E-state index in [1.54, 1.807) is 6.92 Å². The first kappa shape index (κ1) is 13.9. The highest BCUT2D eigenvalue weighted by Crippen LogP contribution is 2.13. The number of halogens is 1.